The lowest BCUT2D eigenvalue weighted by molar-refractivity contribution is -0.119. The van der Waals surface area contributed by atoms with E-state index < -0.39 is 10.0 Å². The Labute approximate surface area is 176 Å². The van der Waals surface area contributed by atoms with Crippen molar-refractivity contribution in [1.29, 1.82) is 0 Å². The zero-order valence-electron chi connectivity index (χ0n) is 17.1. The Morgan fingerprint density at radius 1 is 1.00 bits per heavy atom. The predicted octanol–water partition coefficient (Wildman–Crippen LogP) is 3.31. The highest BCUT2D eigenvalue weighted by atomic mass is 32.2. The lowest BCUT2D eigenvalue weighted by Crippen LogP contribution is -2.39. The standard InChI is InChI=1S/C22H25N3O4S/c1-14(2)22(27)23-17-6-8-19(9-7-17)30(28,29)24-18-12-15-4-3-11-25-20(26)10-5-16(13-18)21(15)25/h6-9,12-14,24H,3-5,10-11H2,1-2H3,(H,23,27). The van der Waals surface area contributed by atoms with Crippen molar-refractivity contribution in [2.24, 2.45) is 5.92 Å². The number of aryl methyl sites for hydroxylation is 2. The molecule has 2 aromatic carbocycles. The summed E-state index contributed by atoms with van der Waals surface area (Å²) < 4.78 is 28.4. The van der Waals surface area contributed by atoms with Crippen LogP contribution >= 0.6 is 0 Å². The van der Waals surface area contributed by atoms with Crippen LogP contribution in [-0.2, 0) is 32.5 Å². The van der Waals surface area contributed by atoms with E-state index in [-0.39, 0.29) is 22.6 Å². The molecule has 2 amide bonds. The minimum Gasteiger partial charge on any atom is -0.326 e. The summed E-state index contributed by atoms with van der Waals surface area (Å²) in [6.07, 6.45) is 2.77. The number of hydrogen-bond donors (Lipinski definition) is 2. The molecular weight excluding hydrogens is 402 g/mol. The molecule has 0 bridgehead atoms. The monoisotopic (exact) mass is 427 g/mol. The summed E-state index contributed by atoms with van der Waals surface area (Å²) in [5.41, 5.74) is 4.05. The molecule has 2 heterocycles. The average molecular weight is 428 g/mol. The van der Waals surface area contributed by atoms with Gasteiger partial charge in [-0.05, 0) is 66.8 Å². The van der Waals surface area contributed by atoms with Crippen LogP contribution in [0.25, 0.3) is 0 Å². The quantitative estimate of drug-likeness (QED) is 0.765. The number of carbonyl (C=O) groups excluding carboxylic acids is 2. The molecule has 0 aromatic heterocycles. The van der Waals surface area contributed by atoms with Gasteiger partial charge in [-0.15, -0.1) is 0 Å². The molecule has 0 unspecified atom stereocenters. The summed E-state index contributed by atoms with van der Waals surface area (Å²) >= 11 is 0. The first-order chi connectivity index (χ1) is 14.2. The van der Waals surface area contributed by atoms with Crippen LogP contribution in [0.1, 0.15) is 37.8 Å². The molecule has 8 heteroatoms. The van der Waals surface area contributed by atoms with Crippen LogP contribution in [0.2, 0.25) is 0 Å². The van der Waals surface area contributed by atoms with E-state index in [0.29, 0.717) is 24.2 Å². The van der Waals surface area contributed by atoms with Gasteiger partial charge in [0.05, 0.1) is 10.6 Å². The van der Waals surface area contributed by atoms with Crippen molar-refractivity contribution in [3.63, 3.8) is 0 Å². The van der Waals surface area contributed by atoms with Crippen LogP contribution in [0.15, 0.2) is 41.3 Å². The van der Waals surface area contributed by atoms with Gasteiger partial charge in [0.1, 0.15) is 0 Å². The van der Waals surface area contributed by atoms with Crippen molar-refractivity contribution in [3.05, 3.63) is 47.5 Å². The van der Waals surface area contributed by atoms with E-state index in [1.54, 1.807) is 26.0 Å². The Balaban J connectivity index is 1.57. The van der Waals surface area contributed by atoms with Crippen LogP contribution in [0, 0.1) is 5.92 Å². The summed E-state index contributed by atoms with van der Waals surface area (Å²) in [7, 11) is -3.78. The van der Waals surface area contributed by atoms with Gasteiger partial charge in [-0.3, -0.25) is 14.3 Å². The molecule has 0 saturated carbocycles. The van der Waals surface area contributed by atoms with Crippen molar-refractivity contribution < 1.29 is 18.0 Å². The number of anilines is 3. The number of carbonyl (C=O) groups is 2. The fourth-order valence-electron chi connectivity index (χ4n) is 3.93. The summed E-state index contributed by atoms with van der Waals surface area (Å²) in [4.78, 5) is 25.9. The Bertz CT molecular complexity index is 1090. The van der Waals surface area contributed by atoms with Gasteiger partial charge in [0.25, 0.3) is 10.0 Å². The maximum absolute atomic E-state index is 12.9. The maximum atomic E-state index is 12.9. The van der Waals surface area contributed by atoms with Gasteiger partial charge in [0, 0.05) is 30.3 Å². The van der Waals surface area contributed by atoms with E-state index in [0.717, 1.165) is 36.2 Å². The van der Waals surface area contributed by atoms with Crippen LogP contribution in [0.4, 0.5) is 17.1 Å². The zero-order valence-corrected chi connectivity index (χ0v) is 17.9. The number of nitrogens with one attached hydrogen (secondary N) is 2. The first kappa shape index (κ1) is 20.4. The molecule has 0 aliphatic carbocycles. The second-order valence-corrected chi connectivity index (χ2v) is 9.75. The molecule has 30 heavy (non-hydrogen) atoms. The minimum absolute atomic E-state index is 0.119. The molecule has 2 aliphatic rings. The van der Waals surface area contributed by atoms with E-state index in [9.17, 15) is 18.0 Å². The van der Waals surface area contributed by atoms with Crippen molar-refractivity contribution in [3.8, 4) is 0 Å². The highest BCUT2D eigenvalue weighted by Gasteiger charge is 2.30. The first-order valence-corrected chi connectivity index (χ1v) is 11.6. The number of rotatable bonds is 5. The zero-order chi connectivity index (χ0) is 21.5. The van der Waals surface area contributed by atoms with Gasteiger partial charge >= 0.3 is 0 Å². The van der Waals surface area contributed by atoms with Crippen molar-refractivity contribution in [2.75, 3.05) is 21.5 Å². The molecule has 2 aliphatic heterocycles. The summed E-state index contributed by atoms with van der Waals surface area (Å²) in [5.74, 6) is -0.146. The Morgan fingerprint density at radius 3 is 2.33 bits per heavy atom. The fourth-order valence-corrected chi connectivity index (χ4v) is 4.97. The third kappa shape index (κ3) is 3.92. The Hall–Kier alpha value is -2.87. The van der Waals surface area contributed by atoms with Crippen LogP contribution in [0.5, 0.6) is 0 Å². The van der Waals surface area contributed by atoms with Gasteiger partial charge in [-0.1, -0.05) is 13.8 Å². The normalized spacial score (nSPS) is 15.7. The maximum Gasteiger partial charge on any atom is 0.261 e. The predicted molar refractivity (Wildman–Crippen MR) is 116 cm³/mol. The molecule has 2 N–H and O–H groups in total. The molecule has 0 fully saturated rings. The van der Waals surface area contributed by atoms with Gasteiger partial charge in [-0.25, -0.2) is 8.42 Å². The van der Waals surface area contributed by atoms with E-state index in [1.165, 1.54) is 12.1 Å². The molecule has 0 saturated heterocycles. The summed E-state index contributed by atoms with van der Waals surface area (Å²) in [5, 5.41) is 2.75. The van der Waals surface area contributed by atoms with E-state index in [4.69, 9.17) is 0 Å². The molecule has 7 nitrogen and oxygen atoms in total. The Kier molecular flexibility index (Phi) is 5.27. The van der Waals surface area contributed by atoms with Crippen molar-refractivity contribution in [1.82, 2.24) is 0 Å². The molecule has 0 atom stereocenters. The third-order valence-electron chi connectivity index (χ3n) is 5.48. The molecular formula is C22H25N3O4S. The van der Waals surface area contributed by atoms with E-state index >= 15 is 0 Å². The van der Waals surface area contributed by atoms with Crippen LogP contribution < -0.4 is 14.9 Å². The lowest BCUT2D eigenvalue weighted by atomic mass is 9.91. The number of sulfonamides is 1. The number of amides is 2. The largest absolute Gasteiger partial charge is 0.326 e. The van der Waals surface area contributed by atoms with Crippen LogP contribution in [0.3, 0.4) is 0 Å². The van der Waals surface area contributed by atoms with E-state index in [2.05, 4.69) is 10.0 Å². The smallest absolute Gasteiger partial charge is 0.261 e. The number of benzene rings is 2. The average Bonchev–Trinajstić information content (AvgIpc) is 2.70. The van der Waals surface area contributed by atoms with E-state index in [1.807, 2.05) is 17.0 Å². The molecule has 2 aromatic rings. The molecule has 4 rings (SSSR count). The lowest BCUT2D eigenvalue weighted by Gasteiger charge is -2.35. The summed E-state index contributed by atoms with van der Waals surface area (Å²) in [6, 6.07) is 9.77. The van der Waals surface area contributed by atoms with Gasteiger partial charge in [0.2, 0.25) is 11.8 Å². The second kappa shape index (κ2) is 7.75. The fraction of sp³-hybridized carbons (Fsp3) is 0.364. The highest BCUT2D eigenvalue weighted by Crippen LogP contribution is 2.38. The highest BCUT2D eigenvalue weighted by molar-refractivity contribution is 7.92. The SMILES string of the molecule is CC(C)C(=O)Nc1ccc(S(=O)(=O)Nc2cc3c4c(c2)CCC(=O)N4CCC3)cc1. The first-order valence-electron chi connectivity index (χ1n) is 10.1. The second-order valence-electron chi connectivity index (χ2n) is 8.07. The van der Waals surface area contributed by atoms with Crippen LogP contribution in [-0.4, -0.2) is 26.8 Å². The van der Waals surface area contributed by atoms with Crippen molar-refractivity contribution >= 4 is 38.9 Å². The topological polar surface area (TPSA) is 95.6 Å². The Morgan fingerprint density at radius 2 is 1.67 bits per heavy atom. The van der Waals surface area contributed by atoms with Gasteiger partial charge < -0.3 is 10.2 Å². The molecule has 0 radical (unpaired) electrons. The summed E-state index contributed by atoms with van der Waals surface area (Å²) in [6.45, 7) is 4.31. The third-order valence-corrected chi connectivity index (χ3v) is 6.88. The molecule has 158 valence electrons. The van der Waals surface area contributed by atoms with Gasteiger partial charge in [0.15, 0.2) is 0 Å². The van der Waals surface area contributed by atoms with Crippen molar-refractivity contribution in [2.45, 2.75) is 44.4 Å². The number of nitrogens with zero attached hydrogens (tertiary/aromatic N) is 1. The number of hydrogen-bond acceptors (Lipinski definition) is 4. The van der Waals surface area contributed by atoms with Gasteiger partial charge in [-0.2, -0.15) is 0 Å². The minimum atomic E-state index is -3.78. The molecule has 0 spiro atoms.